The fourth-order valence-corrected chi connectivity index (χ4v) is 2.25. The Balaban J connectivity index is 1.85. The summed E-state index contributed by atoms with van der Waals surface area (Å²) in [7, 11) is 1.30. The zero-order valence-electron chi connectivity index (χ0n) is 13.6. The number of ether oxygens (including phenoxy) is 2. The van der Waals surface area contributed by atoms with Crippen LogP contribution in [0.4, 0.5) is 4.79 Å². The van der Waals surface area contributed by atoms with E-state index in [2.05, 4.69) is 5.32 Å². The van der Waals surface area contributed by atoms with Crippen molar-refractivity contribution in [2.75, 3.05) is 7.11 Å². The quantitative estimate of drug-likeness (QED) is 0.794. The Bertz CT molecular complexity index is 643. The molecule has 1 amide bonds. The molecule has 1 N–H and O–H groups in total. The second-order valence-corrected chi connectivity index (χ2v) is 5.31. The molecule has 24 heavy (non-hydrogen) atoms. The highest BCUT2D eigenvalue weighted by Gasteiger charge is 2.22. The molecule has 0 radical (unpaired) electrons. The number of alkyl carbamates (subject to hydrolysis) is 1. The molecule has 0 saturated heterocycles. The van der Waals surface area contributed by atoms with Gasteiger partial charge in [-0.2, -0.15) is 0 Å². The van der Waals surface area contributed by atoms with Crippen LogP contribution in [0.2, 0.25) is 0 Å². The van der Waals surface area contributed by atoms with Gasteiger partial charge in [-0.25, -0.2) is 9.59 Å². The van der Waals surface area contributed by atoms with Crippen LogP contribution in [0, 0.1) is 0 Å². The number of hydrogen-bond donors (Lipinski definition) is 1. The molecule has 1 atom stereocenters. The number of amides is 1. The lowest BCUT2D eigenvalue weighted by molar-refractivity contribution is -0.143. The molecule has 126 valence electrons. The fraction of sp³-hybridized carbons (Fsp3) is 0.263. The Morgan fingerprint density at radius 1 is 0.958 bits per heavy atom. The van der Waals surface area contributed by atoms with Crippen molar-refractivity contribution in [1.82, 2.24) is 5.32 Å². The van der Waals surface area contributed by atoms with Crippen LogP contribution in [-0.4, -0.2) is 25.2 Å². The summed E-state index contributed by atoms with van der Waals surface area (Å²) in [6.45, 7) is 0.152. The highest BCUT2D eigenvalue weighted by Crippen LogP contribution is 2.07. The summed E-state index contributed by atoms with van der Waals surface area (Å²) in [5, 5.41) is 2.57. The molecule has 0 unspecified atom stereocenters. The van der Waals surface area contributed by atoms with Crippen molar-refractivity contribution in [3.63, 3.8) is 0 Å². The third-order valence-electron chi connectivity index (χ3n) is 3.56. The van der Waals surface area contributed by atoms with E-state index in [1.54, 1.807) is 0 Å². The van der Waals surface area contributed by atoms with E-state index in [1.165, 1.54) is 7.11 Å². The van der Waals surface area contributed by atoms with E-state index in [-0.39, 0.29) is 6.61 Å². The number of nitrogens with one attached hydrogen (secondary N) is 1. The Hall–Kier alpha value is -2.82. The lowest BCUT2D eigenvalue weighted by atomic mass is 10.1. The topological polar surface area (TPSA) is 64.6 Å². The van der Waals surface area contributed by atoms with Crippen molar-refractivity contribution in [2.24, 2.45) is 0 Å². The van der Waals surface area contributed by atoms with Crippen LogP contribution in [0.3, 0.4) is 0 Å². The Kier molecular flexibility index (Phi) is 6.83. The number of benzene rings is 2. The zero-order chi connectivity index (χ0) is 17.2. The second kappa shape index (κ2) is 9.35. The summed E-state index contributed by atoms with van der Waals surface area (Å²) in [5.74, 6) is -0.484. The normalized spacial score (nSPS) is 11.4. The van der Waals surface area contributed by atoms with Gasteiger partial charge < -0.3 is 14.8 Å². The summed E-state index contributed by atoms with van der Waals surface area (Å²) < 4.78 is 9.90. The lowest BCUT2D eigenvalue weighted by Crippen LogP contribution is -2.42. The summed E-state index contributed by atoms with van der Waals surface area (Å²) in [4.78, 5) is 23.8. The van der Waals surface area contributed by atoms with Crippen LogP contribution in [0.5, 0.6) is 0 Å². The first-order valence-electron chi connectivity index (χ1n) is 7.78. The molecule has 0 bridgehead atoms. The number of carbonyl (C=O) groups excluding carboxylic acids is 2. The minimum Gasteiger partial charge on any atom is -0.467 e. The molecule has 0 aliphatic carbocycles. The molecule has 0 spiro atoms. The zero-order valence-corrected chi connectivity index (χ0v) is 13.6. The van der Waals surface area contributed by atoms with Crippen LogP contribution >= 0.6 is 0 Å². The molecular formula is C19H21NO4. The van der Waals surface area contributed by atoms with Crippen LogP contribution in [0.1, 0.15) is 17.5 Å². The maximum absolute atomic E-state index is 11.9. The molecule has 2 aromatic rings. The molecule has 0 aromatic heterocycles. The molecule has 5 heteroatoms. The van der Waals surface area contributed by atoms with Crippen molar-refractivity contribution in [2.45, 2.75) is 25.5 Å². The maximum atomic E-state index is 11.9. The van der Waals surface area contributed by atoms with E-state index in [0.29, 0.717) is 12.8 Å². The third kappa shape index (κ3) is 5.76. The monoisotopic (exact) mass is 327 g/mol. The van der Waals surface area contributed by atoms with Gasteiger partial charge in [-0.15, -0.1) is 0 Å². The van der Waals surface area contributed by atoms with Crippen LogP contribution < -0.4 is 5.32 Å². The van der Waals surface area contributed by atoms with Gasteiger partial charge in [0.1, 0.15) is 12.6 Å². The van der Waals surface area contributed by atoms with E-state index in [0.717, 1.165) is 11.1 Å². The van der Waals surface area contributed by atoms with Gasteiger partial charge >= 0.3 is 12.1 Å². The third-order valence-corrected chi connectivity index (χ3v) is 3.56. The van der Waals surface area contributed by atoms with Gasteiger partial charge in [-0.1, -0.05) is 60.7 Å². The number of rotatable bonds is 7. The minimum absolute atomic E-state index is 0.152. The number of hydrogen-bond acceptors (Lipinski definition) is 4. The Morgan fingerprint density at radius 2 is 1.54 bits per heavy atom. The van der Waals surface area contributed by atoms with Gasteiger partial charge in [0.15, 0.2) is 0 Å². The fourth-order valence-electron chi connectivity index (χ4n) is 2.25. The molecular weight excluding hydrogens is 306 g/mol. The van der Waals surface area contributed by atoms with Gasteiger partial charge in [0, 0.05) is 0 Å². The van der Waals surface area contributed by atoms with E-state index >= 15 is 0 Å². The van der Waals surface area contributed by atoms with Crippen LogP contribution in [0.15, 0.2) is 60.7 Å². The second-order valence-electron chi connectivity index (χ2n) is 5.31. The van der Waals surface area contributed by atoms with Crippen molar-refractivity contribution in [3.05, 3.63) is 71.8 Å². The van der Waals surface area contributed by atoms with E-state index < -0.39 is 18.1 Å². The summed E-state index contributed by atoms with van der Waals surface area (Å²) in [6.07, 6.45) is 0.457. The molecule has 2 aromatic carbocycles. The minimum atomic E-state index is -0.738. The first kappa shape index (κ1) is 17.5. The Labute approximate surface area is 141 Å². The van der Waals surface area contributed by atoms with Gasteiger partial charge in [0.25, 0.3) is 0 Å². The standard InChI is InChI=1S/C19H21NO4/c1-23-18(21)17(13-12-15-8-4-2-5-9-15)20-19(22)24-14-16-10-6-3-7-11-16/h2-11,17H,12-14H2,1H3,(H,20,22)/t17-/m0/s1. The maximum Gasteiger partial charge on any atom is 0.408 e. The average molecular weight is 327 g/mol. The SMILES string of the molecule is COC(=O)[C@H](CCc1ccccc1)NC(=O)OCc1ccccc1. The molecule has 5 nitrogen and oxygen atoms in total. The number of carbonyl (C=O) groups is 2. The summed E-state index contributed by atoms with van der Waals surface area (Å²) in [6, 6.07) is 18.4. The molecule has 0 aliphatic rings. The van der Waals surface area contributed by atoms with Gasteiger partial charge in [-0.05, 0) is 24.0 Å². The first-order chi connectivity index (χ1) is 11.7. The predicted molar refractivity (Wildman–Crippen MR) is 90.3 cm³/mol. The van der Waals surface area contributed by atoms with Crippen molar-refractivity contribution in [3.8, 4) is 0 Å². The molecule has 0 aliphatic heterocycles. The van der Waals surface area contributed by atoms with Crippen molar-refractivity contribution < 1.29 is 19.1 Å². The smallest absolute Gasteiger partial charge is 0.408 e. The van der Waals surface area contributed by atoms with E-state index in [4.69, 9.17) is 9.47 Å². The number of aryl methyl sites for hydroxylation is 1. The Morgan fingerprint density at radius 3 is 2.12 bits per heavy atom. The van der Waals surface area contributed by atoms with Gasteiger partial charge in [0.05, 0.1) is 7.11 Å². The first-order valence-corrected chi connectivity index (χ1v) is 7.78. The summed E-state index contributed by atoms with van der Waals surface area (Å²) in [5.41, 5.74) is 1.97. The average Bonchev–Trinajstić information content (AvgIpc) is 2.64. The van der Waals surface area contributed by atoms with E-state index in [1.807, 2.05) is 60.7 Å². The largest absolute Gasteiger partial charge is 0.467 e. The highest BCUT2D eigenvalue weighted by molar-refractivity contribution is 5.81. The molecule has 0 saturated carbocycles. The highest BCUT2D eigenvalue weighted by atomic mass is 16.6. The van der Waals surface area contributed by atoms with E-state index in [9.17, 15) is 9.59 Å². The predicted octanol–water partition coefficient (Wildman–Crippen LogP) is 3.09. The van der Waals surface area contributed by atoms with Crippen molar-refractivity contribution in [1.29, 1.82) is 0 Å². The molecule has 2 rings (SSSR count). The van der Waals surface area contributed by atoms with Gasteiger partial charge in [-0.3, -0.25) is 0 Å². The molecule has 0 heterocycles. The molecule has 0 fully saturated rings. The number of methoxy groups -OCH3 is 1. The summed E-state index contributed by atoms with van der Waals surface area (Å²) >= 11 is 0. The van der Waals surface area contributed by atoms with Crippen LogP contribution in [0.25, 0.3) is 0 Å². The lowest BCUT2D eigenvalue weighted by Gasteiger charge is -2.16. The number of esters is 1. The van der Waals surface area contributed by atoms with Gasteiger partial charge in [0.2, 0.25) is 0 Å². The van der Waals surface area contributed by atoms with Crippen LogP contribution in [-0.2, 0) is 27.3 Å². The van der Waals surface area contributed by atoms with Crippen molar-refractivity contribution >= 4 is 12.1 Å².